The second-order valence-electron chi connectivity index (χ2n) is 5.11. The standard InChI is InChI=1S/C16H12N6O3/c23-16(15-17-9-18-21-15)19-11-5-2-1-4-10(11)8-13-20-14(22-25-13)12-6-3-7-24-12/h1-7,9H,8H2,(H,19,23)(H,17,18,21). The molecule has 3 aromatic heterocycles. The van der Waals surface area contributed by atoms with E-state index in [1.165, 1.54) is 6.33 Å². The van der Waals surface area contributed by atoms with Gasteiger partial charge in [-0.2, -0.15) is 10.1 Å². The van der Waals surface area contributed by atoms with E-state index >= 15 is 0 Å². The van der Waals surface area contributed by atoms with E-state index in [-0.39, 0.29) is 11.7 Å². The van der Waals surface area contributed by atoms with Crippen LogP contribution in [-0.2, 0) is 6.42 Å². The summed E-state index contributed by atoms with van der Waals surface area (Å²) in [6.45, 7) is 0. The maximum Gasteiger partial charge on any atom is 0.292 e. The molecule has 9 nitrogen and oxygen atoms in total. The summed E-state index contributed by atoms with van der Waals surface area (Å²) in [5.74, 6) is 1.07. The van der Waals surface area contributed by atoms with Gasteiger partial charge in [-0.25, -0.2) is 4.98 Å². The van der Waals surface area contributed by atoms with Gasteiger partial charge in [0.15, 0.2) is 5.76 Å². The zero-order valence-electron chi connectivity index (χ0n) is 12.8. The number of benzene rings is 1. The van der Waals surface area contributed by atoms with E-state index in [0.29, 0.717) is 29.6 Å². The van der Waals surface area contributed by atoms with E-state index in [4.69, 9.17) is 8.94 Å². The van der Waals surface area contributed by atoms with Crippen LogP contribution >= 0.6 is 0 Å². The van der Waals surface area contributed by atoms with E-state index < -0.39 is 0 Å². The van der Waals surface area contributed by atoms with Crippen LogP contribution in [0.25, 0.3) is 11.6 Å². The molecule has 0 fully saturated rings. The van der Waals surface area contributed by atoms with E-state index in [1.54, 1.807) is 24.5 Å². The Bertz CT molecular complexity index is 975. The smallest absolute Gasteiger partial charge is 0.292 e. The molecule has 3 heterocycles. The van der Waals surface area contributed by atoms with Gasteiger partial charge in [-0.3, -0.25) is 9.89 Å². The van der Waals surface area contributed by atoms with Crippen molar-refractivity contribution in [3.63, 3.8) is 0 Å². The van der Waals surface area contributed by atoms with Crippen LogP contribution in [0, 0.1) is 0 Å². The molecule has 0 aliphatic heterocycles. The molecule has 0 unspecified atom stereocenters. The van der Waals surface area contributed by atoms with Crippen LogP contribution in [0.1, 0.15) is 22.1 Å². The second-order valence-corrected chi connectivity index (χ2v) is 5.11. The third kappa shape index (κ3) is 3.15. The lowest BCUT2D eigenvalue weighted by atomic mass is 10.1. The van der Waals surface area contributed by atoms with Gasteiger partial charge in [0.1, 0.15) is 6.33 Å². The summed E-state index contributed by atoms with van der Waals surface area (Å²) in [6, 6.07) is 10.8. The number of nitrogens with zero attached hydrogens (tertiary/aromatic N) is 4. The van der Waals surface area contributed by atoms with Crippen LogP contribution in [-0.4, -0.2) is 31.2 Å². The molecule has 9 heteroatoms. The Kier molecular flexibility index (Phi) is 3.79. The number of nitrogens with one attached hydrogen (secondary N) is 2. The molecule has 0 atom stereocenters. The lowest BCUT2D eigenvalue weighted by molar-refractivity contribution is 0.101. The number of rotatable bonds is 5. The molecule has 4 rings (SSSR count). The zero-order valence-corrected chi connectivity index (χ0v) is 12.8. The fourth-order valence-corrected chi connectivity index (χ4v) is 2.29. The summed E-state index contributed by atoms with van der Waals surface area (Å²) < 4.78 is 10.5. The largest absolute Gasteiger partial charge is 0.461 e. The highest BCUT2D eigenvalue weighted by molar-refractivity contribution is 6.01. The van der Waals surface area contributed by atoms with Crippen LogP contribution in [0.2, 0.25) is 0 Å². The van der Waals surface area contributed by atoms with Gasteiger partial charge in [-0.05, 0) is 23.8 Å². The molecule has 124 valence electrons. The minimum atomic E-state index is -0.383. The molecule has 0 radical (unpaired) electrons. The summed E-state index contributed by atoms with van der Waals surface area (Å²) in [6.07, 6.45) is 3.18. The monoisotopic (exact) mass is 336 g/mol. The number of furan rings is 1. The molecule has 0 aliphatic rings. The highest BCUT2D eigenvalue weighted by Crippen LogP contribution is 2.21. The van der Waals surface area contributed by atoms with Crippen LogP contribution in [0.3, 0.4) is 0 Å². The number of aromatic amines is 1. The van der Waals surface area contributed by atoms with Gasteiger partial charge >= 0.3 is 0 Å². The van der Waals surface area contributed by atoms with Gasteiger partial charge < -0.3 is 14.3 Å². The van der Waals surface area contributed by atoms with Gasteiger partial charge in [-0.15, -0.1) is 0 Å². The summed E-state index contributed by atoms with van der Waals surface area (Å²) in [5.41, 5.74) is 1.45. The van der Waals surface area contributed by atoms with Crippen molar-refractivity contribution in [1.82, 2.24) is 25.3 Å². The SMILES string of the molecule is O=C(Nc1ccccc1Cc1nc(-c2ccco2)no1)c1ncn[nH]1. The van der Waals surface area contributed by atoms with E-state index in [1.807, 2.05) is 18.2 Å². The van der Waals surface area contributed by atoms with Crippen LogP contribution in [0.4, 0.5) is 5.69 Å². The van der Waals surface area contributed by atoms with Crippen molar-refractivity contribution >= 4 is 11.6 Å². The molecule has 0 aliphatic carbocycles. The Labute approximate surface area is 141 Å². The van der Waals surface area contributed by atoms with Crippen molar-refractivity contribution in [3.05, 3.63) is 66.3 Å². The van der Waals surface area contributed by atoms with Crippen LogP contribution in [0.5, 0.6) is 0 Å². The van der Waals surface area contributed by atoms with Crippen molar-refractivity contribution in [1.29, 1.82) is 0 Å². The third-order valence-corrected chi connectivity index (χ3v) is 3.45. The summed E-state index contributed by atoms with van der Waals surface area (Å²) in [4.78, 5) is 20.3. The van der Waals surface area contributed by atoms with Gasteiger partial charge in [0.2, 0.25) is 17.5 Å². The Balaban J connectivity index is 1.54. The van der Waals surface area contributed by atoms with Crippen LogP contribution < -0.4 is 5.32 Å². The number of hydrogen-bond donors (Lipinski definition) is 2. The molecule has 0 saturated carbocycles. The first kappa shape index (κ1) is 14.8. The summed E-state index contributed by atoms with van der Waals surface area (Å²) in [5, 5.41) is 12.9. The molecule has 0 saturated heterocycles. The molecule has 0 spiro atoms. The van der Waals surface area contributed by atoms with Crippen molar-refractivity contribution in [3.8, 4) is 11.6 Å². The normalized spacial score (nSPS) is 10.7. The number of carbonyl (C=O) groups is 1. The van der Waals surface area contributed by atoms with Crippen molar-refractivity contribution in [2.45, 2.75) is 6.42 Å². The fraction of sp³-hybridized carbons (Fsp3) is 0.0625. The average Bonchev–Trinajstić information content (AvgIpc) is 3.38. The van der Waals surface area contributed by atoms with Gasteiger partial charge in [-0.1, -0.05) is 23.4 Å². The van der Waals surface area contributed by atoms with Gasteiger partial charge in [0.25, 0.3) is 5.91 Å². The highest BCUT2D eigenvalue weighted by Gasteiger charge is 2.15. The number of amides is 1. The Morgan fingerprint density at radius 3 is 2.92 bits per heavy atom. The molecule has 25 heavy (non-hydrogen) atoms. The second kappa shape index (κ2) is 6.40. The predicted octanol–water partition coefficient (Wildman–Crippen LogP) is 2.29. The first-order valence-electron chi connectivity index (χ1n) is 7.40. The molecule has 1 aromatic carbocycles. The first-order chi connectivity index (χ1) is 12.3. The zero-order chi connectivity index (χ0) is 17.1. The van der Waals surface area contributed by atoms with E-state index in [0.717, 1.165) is 5.56 Å². The minimum absolute atomic E-state index is 0.132. The van der Waals surface area contributed by atoms with Gasteiger partial charge in [0, 0.05) is 5.69 Å². The maximum atomic E-state index is 12.1. The predicted molar refractivity (Wildman–Crippen MR) is 85.6 cm³/mol. The fourth-order valence-electron chi connectivity index (χ4n) is 2.29. The summed E-state index contributed by atoms with van der Waals surface area (Å²) in [7, 11) is 0. The topological polar surface area (TPSA) is 123 Å². The highest BCUT2D eigenvalue weighted by atomic mass is 16.5. The third-order valence-electron chi connectivity index (χ3n) is 3.45. The number of anilines is 1. The minimum Gasteiger partial charge on any atom is -0.461 e. The molecule has 2 N–H and O–H groups in total. The van der Waals surface area contributed by atoms with E-state index in [2.05, 4.69) is 30.6 Å². The number of hydrogen-bond acceptors (Lipinski definition) is 7. The number of para-hydroxylation sites is 1. The number of carbonyl (C=O) groups excluding carboxylic acids is 1. The maximum absolute atomic E-state index is 12.1. The Morgan fingerprint density at radius 2 is 2.12 bits per heavy atom. The first-order valence-corrected chi connectivity index (χ1v) is 7.40. The molecule has 4 aromatic rings. The quantitative estimate of drug-likeness (QED) is 0.573. The molecule has 0 bridgehead atoms. The molecular weight excluding hydrogens is 324 g/mol. The average molecular weight is 336 g/mol. The van der Waals surface area contributed by atoms with Crippen molar-refractivity contribution in [2.75, 3.05) is 5.32 Å². The molecule has 1 amide bonds. The van der Waals surface area contributed by atoms with Crippen LogP contribution in [0.15, 0.2) is 57.9 Å². The van der Waals surface area contributed by atoms with Crippen molar-refractivity contribution < 1.29 is 13.7 Å². The van der Waals surface area contributed by atoms with Crippen molar-refractivity contribution in [2.24, 2.45) is 0 Å². The lowest BCUT2D eigenvalue weighted by Crippen LogP contribution is -2.15. The van der Waals surface area contributed by atoms with Gasteiger partial charge in [0.05, 0.1) is 12.7 Å². The summed E-state index contributed by atoms with van der Waals surface area (Å²) >= 11 is 0. The molecular formula is C16H12N6O3. The number of aromatic nitrogens is 5. The lowest BCUT2D eigenvalue weighted by Gasteiger charge is -2.08. The van der Waals surface area contributed by atoms with E-state index in [9.17, 15) is 4.79 Å². The Hall–Kier alpha value is -3.75. The Morgan fingerprint density at radius 1 is 1.20 bits per heavy atom. The number of H-pyrrole nitrogens is 1.